The molecule has 1 saturated heterocycles. The fourth-order valence-corrected chi connectivity index (χ4v) is 5.81. The summed E-state index contributed by atoms with van der Waals surface area (Å²) in [5, 5.41) is -0.206. The largest absolute Gasteiger partial charge is 0.494 e. The van der Waals surface area contributed by atoms with E-state index in [0.29, 0.717) is 28.6 Å². The number of carbonyl (C=O) groups is 3. The second kappa shape index (κ2) is 9.68. The number of amides is 3. The standard InChI is InChI=1S/C26H17Cl5N2O4/c1-3-37-14-8-5-12(6-9-14)22-23(26(36)32(22)13-7-4-11(2)15(27)10-13)33-24(34)16-17(25(33)35)19(29)21(31)20(30)18(16)28/h4-10,22-23H,3H2,1-2H3/t22-,23-/m1/s1. The number of carbonyl (C=O) groups excluding carboxylic acids is 3. The smallest absolute Gasteiger partial charge is 0.264 e. The molecule has 1 fully saturated rings. The molecular formula is C26H17Cl5N2O4. The molecule has 0 N–H and O–H groups in total. The third-order valence-corrected chi connectivity index (χ3v) is 8.65. The zero-order chi connectivity index (χ0) is 26.8. The van der Waals surface area contributed by atoms with Crippen molar-refractivity contribution in [2.24, 2.45) is 0 Å². The quantitative estimate of drug-likeness (QED) is 0.133. The van der Waals surface area contributed by atoms with Gasteiger partial charge >= 0.3 is 0 Å². The van der Waals surface area contributed by atoms with E-state index in [2.05, 4.69) is 0 Å². The molecule has 190 valence electrons. The summed E-state index contributed by atoms with van der Waals surface area (Å²) in [7, 11) is 0. The van der Waals surface area contributed by atoms with Crippen molar-refractivity contribution >= 4 is 81.4 Å². The van der Waals surface area contributed by atoms with Crippen molar-refractivity contribution in [3.05, 3.63) is 89.8 Å². The molecule has 2 heterocycles. The van der Waals surface area contributed by atoms with Crippen LogP contribution < -0.4 is 9.64 Å². The third kappa shape index (κ3) is 3.98. The molecule has 3 amide bonds. The monoisotopic (exact) mass is 596 g/mol. The van der Waals surface area contributed by atoms with Crippen molar-refractivity contribution in [3.8, 4) is 5.75 Å². The van der Waals surface area contributed by atoms with Crippen LogP contribution in [-0.4, -0.2) is 35.3 Å². The highest BCUT2D eigenvalue weighted by molar-refractivity contribution is 6.55. The molecule has 37 heavy (non-hydrogen) atoms. The molecule has 0 unspecified atom stereocenters. The van der Waals surface area contributed by atoms with Crippen molar-refractivity contribution in [2.45, 2.75) is 25.9 Å². The van der Waals surface area contributed by atoms with Gasteiger partial charge < -0.3 is 9.64 Å². The first kappa shape index (κ1) is 26.1. The van der Waals surface area contributed by atoms with Gasteiger partial charge in [-0.25, -0.2) is 0 Å². The minimum atomic E-state index is -1.17. The molecule has 2 atom stereocenters. The number of imide groups is 1. The Balaban J connectivity index is 1.62. The van der Waals surface area contributed by atoms with E-state index in [4.69, 9.17) is 62.7 Å². The number of fused-ring (bicyclic) bond motifs is 1. The van der Waals surface area contributed by atoms with E-state index < -0.39 is 29.8 Å². The van der Waals surface area contributed by atoms with Crippen molar-refractivity contribution in [2.75, 3.05) is 11.5 Å². The number of ether oxygens (including phenoxy) is 1. The fraction of sp³-hybridized carbons (Fsp3) is 0.192. The first-order valence-electron chi connectivity index (χ1n) is 11.1. The van der Waals surface area contributed by atoms with E-state index in [1.54, 1.807) is 42.5 Å². The molecule has 0 radical (unpaired) electrons. The van der Waals surface area contributed by atoms with Gasteiger partial charge in [0.05, 0.1) is 43.9 Å². The van der Waals surface area contributed by atoms with Crippen LogP contribution in [-0.2, 0) is 4.79 Å². The van der Waals surface area contributed by atoms with Crippen LogP contribution in [0.15, 0.2) is 42.5 Å². The molecule has 0 saturated carbocycles. The number of aryl methyl sites for hydroxylation is 1. The van der Waals surface area contributed by atoms with Crippen molar-refractivity contribution < 1.29 is 19.1 Å². The minimum Gasteiger partial charge on any atom is -0.494 e. The Morgan fingerprint density at radius 1 is 0.757 bits per heavy atom. The van der Waals surface area contributed by atoms with E-state index in [-0.39, 0.29) is 31.2 Å². The summed E-state index contributed by atoms with van der Waals surface area (Å²) in [6.45, 7) is 4.20. The van der Waals surface area contributed by atoms with E-state index in [0.717, 1.165) is 10.5 Å². The number of β-lactam (4-membered cyclic amide) rings is 1. The fourth-order valence-electron chi connectivity index (χ4n) is 4.62. The van der Waals surface area contributed by atoms with Crippen LogP contribution in [0.4, 0.5) is 5.69 Å². The van der Waals surface area contributed by atoms with Gasteiger partial charge in [-0.2, -0.15) is 0 Å². The van der Waals surface area contributed by atoms with Gasteiger partial charge in [0.25, 0.3) is 17.7 Å². The molecule has 0 spiro atoms. The van der Waals surface area contributed by atoms with Gasteiger partial charge in [-0.05, 0) is 49.2 Å². The maximum Gasteiger partial charge on any atom is 0.264 e. The van der Waals surface area contributed by atoms with Gasteiger partial charge in [-0.3, -0.25) is 19.3 Å². The normalized spacial score (nSPS) is 18.8. The van der Waals surface area contributed by atoms with Crippen LogP contribution in [0.1, 0.15) is 44.8 Å². The summed E-state index contributed by atoms with van der Waals surface area (Å²) in [5.41, 5.74) is 1.68. The lowest BCUT2D eigenvalue weighted by molar-refractivity contribution is -0.130. The Labute approximate surface area is 237 Å². The van der Waals surface area contributed by atoms with E-state index in [1.165, 1.54) is 4.90 Å². The second-order valence-electron chi connectivity index (χ2n) is 8.52. The predicted molar refractivity (Wildman–Crippen MR) is 145 cm³/mol. The number of nitrogens with zero attached hydrogens (tertiary/aromatic N) is 2. The van der Waals surface area contributed by atoms with Gasteiger partial charge in [0.1, 0.15) is 11.8 Å². The minimum absolute atomic E-state index is 0.144. The molecule has 3 aromatic rings. The Bertz CT molecular complexity index is 1440. The highest BCUT2D eigenvalue weighted by Crippen LogP contribution is 2.49. The van der Waals surface area contributed by atoms with Crippen LogP contribution in [0.3, 0.4) is 0 Å². The highest BCUT2D eigenvalue weighted by atomic mass is 35.5. The molecule has 6 nitrogen and oxygen atoms in total. The maximum absolute atomic E-state index is 13.6. The lowest BCUT2D eigenvalue weighted by Gasteiger charge is -2.49. The van der Waals surface area contributed by atoms with Crippen LogP contribution in [0.2, 0.25) is 25.1 Å². The van der Waals surface area contributed by atoms with Crippen molar-refractivity contribution in [1.82, 2.24) is 4.90 Å². The number of halogens is 5. The Kier molecular flexibility index (Phi) is 6.84. The van der Waals surface area contributed by atoms with Crippen LogP contribution in [0.25, 0.3) is 0 Å². The lowest BCUT2D eigenvalue weighted by Crippen LogP contribution is -2.67. The number of hydrogen-bond acceptors (Lipinski definition) is 4. The van der Waals surface area contributed by atoms with Gasteiger partial charge in [-0.1, -0.05) is 76.2 Å². The SMILES string of the molecule is CCOc1ccc([C@@H]2[C@@H](N3C(=O)c4c(Cl)c(Cl)c(Cl)c(Cl)c4C3=O)C(=O)N2c2ccc(C)c(Cl)c2)cc1. The summed E-state index contributed by atoms with van der Waals surface area (Å²) in [6.07, 6.45) is 0. The van der Waals surface area contributed by atoms with Crippen LogP contribution in [0, 0.1) is 6.92 Å². The highest BCUT2D eigenvalue weighted by Gasteiger charge is 2.58. The molecule has 0 aromatic heterocycles. The van der Waals surface area contributed by atoms with E-state index >= 15 is 0 Å². The number of rotatable bonds is 5. The third-order valence-electron chi connectivity index (χ3n) is 6.44. The Hall–Kier alpha value is -2.48. The van der Waals surface area contributed by atoms with Gasteiger partial charge in [0.15, 0.2) is 0 Å². The molecule has 11 heteroatoms. The summed E-state index contributed by atoms with van der Waals surface area (Å²) < 4.78 is 5.53. The molecular weight excluding hydrogens is 582 g/mol. The second-order valence-corrected chi connectivity index (χ2v) is 10.4. The molecule has 3 aromatic carbocycles. The first-order valence-corrected chi connectivity index (χ1v) is 13.0. The summed E-state index contributed by atoms with van der Waals surface area (Å²) >= 11 is 31.2. The predicted octanol–water partition coefficient (Wildman–Crippen LogP) is 7.41. The summed E-state index contributed by atoms with van der Waals surface area (Å²) in [6, 6.07) is 10.4. The summed E-state index contributed by atoms with van der Waals surface area (Å²) in [4.78, 5) is 43.1. The van der Waals surface area contributed by atoms with Crippen LogP contribution >= 0.6 is 58.0 Å². The Morgan fingerprint density at radius 2 is 1.32 bits per heavy atom. The van der Waals surface area contributed by atoms with Crippen molar-refractivity contribution in [1.29, 1.82) is 0 Å². The first-order chi connectivity index (χ1) is 17.6. The van der Waals surface area contributed by atoms with E-state index in [1.807, 2.05) is 13.8 Å². The molecule has 2 aliphatic heterocycles. The molecule has 0 bridgehead atoms. The molecule has 0 aliphatic carbocycles. The summed E-state index contributed by atoms with van der Waals surface area (Å²) in [5.74, 6) is -1.39. The zero-order valence-electron chi connectivity index (χ0n) is 19.3. The number of hydrogen-bond donors (Lipinski definition) is 0. The van der Waals surface area contributed by atoms with Gasteiger partial charge in [0, 0.05) is 10.7 Å². The number of benzene rings is 3. The van der Waals surface area contributed by atoms with Crippen LogP contribution in [0.5, 0.6) is 5.75 Å². The van der Waals surface area contributed by atoms with Crippen molar-refractivity contribution in [3.63, 3.8) is 0 Å². The average Bonchev–Trinajstić information content (AvgIpc) is 3.13. The molecule has 2 aliphatic rings. The lowest BCUT2D eigenvalue weighted by atomic mass is 9.86. The van der Waals surface area contributed by atoms with Gasteiger partial charge in [0.2, 0.25) is 0 Å². The van der Waals surface area contributed by atoms with Gasteiger partial charge in [-0.15, -0.1) is 0 Å². The zero-order valence-corrected chi connectivity index (χ0v) is 23.1. The molecule has 5 rings (SSSR count). The van der Waals surface area contributed by atoms with E-state index in [9.17, 15) is 14.4 Å². The Morgan fingerprint density at radius 3 is 1.84 bits per heavy atom. The maximum atomic E-state index is 13.6. The number of anilines is 1. The topological polar surface area (TPSA) is 66.9 Å². The average molecular weight is 599 g/mol.